The number of aliphatic imine (C=N–C) groups is 1. The summed E-state index contributed by atoms with van der Waals surface area (Å²) in [6, 6.07) is 20.4. The van der Waals surface area contributed by atoms with Crippen LogP contribution in [0.5, 0.6) is 0 Å². The molecule has 0 atom stereocenters. The van der Waals surface area contributed by atoms with Crippen LogP contribution in [0.2, 0.25) is 0 Å². The van der Waals surface area contributed by atoms with Crippen molar-refractivity contribution in [2.24, 2.45) is 4.99 Å². The van der Waals surface area contributed by atoms with Crippen LogP contribution in [0.25, 0.3) is 6.08 Å². The molecule has 160 valence electrons. The summed E-state index contributed by atoms with van der Waals surface area (Å²) in [5.74, 6) is -0.886. The van der Waals surface area contributed by atoms with Crippen molar-refractivity contribution in [2.45, 2.75) is 6.54 Å². The van der Waals surface area contributed by atoms with E-state index in [0.29, 0.717) is 17.4 Å². The molecule has 1 aromatic heterocycles. The van der Waals surface area contributed by atoms with Crippen molar-refractivity contribution in [2.75, 3.05) is 10.7 Å². The fourth-order valence-corrected chi connectivity index (χ4v) is 3.83. The smallest absolute Gasteiger partial charge is 0.283 e. The number of hydrogen-bond donors (Lipinski definition) is 1. The van der Waals surface area contributed by atoms with E-state index < -0.39 is 5.82 Å². The first-order valence-corrected chi connectivity index (χ1v) is 10.8. The lowest BCUT2D eigenvalue weighted by molar-refractivity contribution is -0.118. The number of anilines is 1. The largest absolute Gasteiger partial charge is 0.350 e. The Morgan fingerprint density at radius 2 is 1.78 bits per heavy atom. The van der Waals surface area contributed by atoms with Crippen LogP contribution in [0.1, 0.15) is 11.3 Å². The van der Waals surface area contributed by atoms with Gasteiger partial charge in [-0.1, -0.05) is 48.2 Å². The number of carbonyl (C=O) groups excluding carboxylic acids is 2. The summed E-state index contributed by atoms with van der Waals surface area (Å²) < 4.78 is 13.4. The summed E-state index contributed by atoms with van der Waals surface area (Å²) >= 11 is 1.14. The van der Waals surface area contributed by atoms with Gasteiger partial charge in [0.2, 0.25) is 5.91 Å². The maximum absolute atomic E-state index is 13.4. The number of nitrogens with zero attached hydrogens (tertiary/aromatic N) is 3. The number of thioether (sulfide) groups is 1. The molecule has 2 amide bonds. The van der Waals surface area contributed by atoms with Crippen LogP contribution in [0, 0.1) is 5.82 Å². The van der Waals surface area contributed by atoms with E-state index in [4.69, 9.17) is 0 Å². The molecule has 1 aliphatic rings. The highest BCUT2D eigenvalue weighted by atomic mass is 32.2. The molecule has 0 saturated carbocycles. The predicted octanol–water partition coefficient (Wildman–Crippen LogP) is 4.01. The molecule has 6 nitrogen and oxygen atoms in total. The zero-order valence-corrected chi connectivity index (χ0v) is 17.8. The van der Waals surface area contributed by atoms with Crippen molar-refractivity contribution in [1.29, 1.82) is 0 Å². The van der Waals surface area contributed by atoms with Crippen LogP contribution in [0.4, 0.5) is 10.1 Å². The van der Waals surface area contributed by atoms with Gasteiger partial charge in [-0.3, -0.25) is 19.5 Å². The van der Waals surface area contributed by atoms with Crippen LogP contribution in [0.3, 0.4) is 0 Å². The Bertz CT molecular complexity index is 1170. The molecule has 0 spiro atoms. The zero-order chi connectivity index (χ0) is 22.3. The minimum Gasteiger partial charge on any atom is -0.350 e. The lowest BCUT2D eigenvalue weighted by atomic mass is 10.2. The van der Waals surface area contributed by atoms with Crippen molar-refractivity contribution < 1.29 is 14.0 Å². The van der Waals surface area contributed by atoms with Gasteiger partial charge in [-0.15, -0.1) is 0 Å². The van der Waals surface area contributed by atoms with E-state index in [9.17, 15) is 14.0 Å². The van der Waals surface area contributed by atoms with Gasteiger partial charge in [0.05, 0.1) is 23.7 Å². The first kappa shape index (κ1) is 21.5. The third-order valence-electron chi connectivity index (χ3n) is 4.54. The SMILES string of the molecule is O=C(CSC1=N/C(=C\c2ccccc2)C(=O)N1c1ccc(F)cc1)NCc1ccccn1. The second kappa shape index (κ2) is 10.0. The Kier molecular flexibility index (Phi) is 6.72. The molecule has 0 fully saturated rings. The molecule has 8 heteroatoms. The fraction of sp³-hybridized carbons (Fsp3) is 0.0833. The van der Waals surface area contributed by atoms with Crippen molar-refractivity contribution in [3.8, 4) is 0 Å². The van der Waals surface area contributed by atoms with E-state index in [2.05, 4.69) is 15.3 Å². The molecule has 0 aliphatic carbocycles. The lowest BCUT2D eigenvalue weighted by Crippen LogP contribution is -2.32. The molecule has 32 heavy (non-hydrogen) atoms. The maximum Gasteiger partial charge on any atom is 0.283 e. The Morgan fingerprint density at radius 3 is 2.50 bits per heavy atom. The monoisotopic (exact) mass is 446 g/mol. The maximum atomic E-state index is 13.4. The van der Waals surface area contributed by atoms with Gasteiger partial charge >= 0.3 is 0 Å². The Hall–Kier alpha value is -3.78. The van der Waals surface area contributed by atoms with Crippen molar-refractivity contribution in [1.82, 2.24) is 10.3 Å². The molecule has 0 bridgehead atoms. The van der Waals surface area contributed by atoms with Crippen molar-refractivity contribution in [3.05, 3.63) is 102 Å². The number of benzene rings is 2. The normalized spacial score (nSPS) is 14.5. The number of rotatable bonds is 6. The van der Waals surface area contributed by atoms with Gasteiger partial charge in [-0.05, 0) is 48.0 Å². The highest BCUT2D eigenvalue weighted by Gasteiger charge is 2.32. The number of nitrogens with one attached hydrogen (secondary N) is 1. The summed E-state index contributed by atoms with van der Waals surface area (Å²) in [6.07, 6.45) is 3.35. The number of carbonyl (C=O) groups is 2. The number of hydrogen-bond acceptors (Lipinski definition) is 5. The van der Waals surface area contributed by atoms with Crippen molar-refractivity contribution >= 4 is 40.5 Å². The average molecular weight is 447 g/mol. The number of halogens is 1. The summed E-state index contributed by atoms with van der Waals surface area (Å²) in [4.78, 5) is 35.5. The molecule has 2 aromatic carbocycles. The second-order valence-corrected chi connectivity index (χ2v) is 7.78. The van der Waals surface area contributed by atoms with Gasteiger partial charge in [-0.2, -0.15) is 0 Å². The number of aromatic nitrogens is 1. The third-order valence-corrected chi connectivity index (χ3v) is 5.48. The highest BCUT2D eigenvalue weighted by molar-refractivity contribution is 8.14. The fourth-order valence-electron chi connectivity index (χ4n) is 2.99. The Balaban J connectivity index is 1.51. The minimum atomic E-state index is -0.402. The quantitative estimate of drug-likeness (QED) is 0.581. The van der Waals surface area contributed by atoms with Gasteiger partial charge in [0.1, 0.15) is 11.5 Å². The first-order valence-electron chi connectivity index (χ1n) is 9.85. The third kappa shape index (κ3) is 5.28. The summed E-state index contributed by atoms with van der Waals surface area (Å²) in [7, 11) is 0. The Morgan fingerprint density at radius 1 is 1.03 bits per heavy atom. The van der Waals surface area contributed by atoms with E-state index in [1.165, 1.54) is 29.2 Å². The molecule has 1 N–H and O–H groups in total. The average Bonchev–Trinajstić information content (AvgIpc) is 3.13. The molecule has 2 heterocycles. The molecule has 3 aromatic rings. The Labute approximate surface area is 188 Å². The van der Waals surface area contributed by atoms with E-state index in [1.807, 2.05) is 42.5 Å². The molecule has 0 unspecified atom stereocenters. The van der Waals surface area contributed by atoms with Crippen LogP contribution in [0.15, 0.2) is 89.7 Å². The number of pyridine rings is 1. The van der Waals surface area contributed by atoms with Crippen LogP contribution in [-0.4, -0.2) is 27.7 Å². The van der Waals surface area contributed by atoms with E-state index >= 15 is 0 Å². The van der Waals surface area contributed by atoms with E-state index in [1.54, 1.807) is 18.3 Å². The zero-order valence-electron chi connectivity index (χ0n) is 16.9. The molecular weight excluding hydrogens is 427 g/mol. The predicted molar refractivity (Wildman–Crippen MR) is 124 cm³/mol. The van der Waals surface area contributed by atoms with Gasteiger partial charge < -0.3 is 5.32 Å². The second-order valence-electron chi connectivity index (χ2n) is 6.84. The number of amides is 2. The standard InChI is InChI=1S/C24H19FN4O2S/c25-18-9-11-20(12-10-18)29-23(31)21(14-17-6-2-1-3-7-17)28-24(29)32-16-22(30)27-15-19-8-4-5-13-26-19/h1-14H,15-16H2,(H,27,30)/b21-14-. The molecular formula is C24H19FN4O2S. The number of amidine groups is 1. The molecule has 0 saturated heterocycles. The lowest BCUT2D eigenvalue weighted by Gasteiger charge is -2.17. The van der Waals surface area contributed by atoms with Gasteiger partial charge in [0.15, 0.2) is 5.17 Å². The van der Waals surface area contributed by atoms with E-state index in [0.717, 1.165) is 23.0 Å². The van der Waals surface area contributed by atoms with Crippen LogP contribution in [-0.2, 0) is 16.1 Å². The van der Waals surface area contributed by atoms with Gasteiger partial charge in [-0.25, -0.2) is 9.38 Å². The molecule has 0 radical (unpaired) electrons. The topological polar surface area (TPSA) is 74.7 Å². The van der Waals surface area contributed by atoms with Gasteiger partial charge in [0.25, 0.3) is 5.91 Å². The highest BCUT2D eigenvalue weighted by Crippen LogP contribution is 2.29. The summed E-state index contributed by atoms with van der Waals surface area (Å²) in [5, 5.41) is 3.16. The summed E-state index contributed by atoms with van der Waals surface area (Å²) in [6.45, 7) is 0.312. The molecule has 1 aliphatic heterocycles. The van der Waals surface area contributed by atoms with Crippen LogP contribution < -0.4 is 10.2 Å². The van der Waals surface area contributed by atoms with Crippen LogP contribution >= 0.6 is 11.8 Å². The van der Waals surface area contributed by atoms with Gasteiger partial charge in [0, 0.05) is 6.20 Å². The molecule has 4 rings (SSSR count). The first-order chi connectivity index (χ1) is 15.6. The van der Waals surface area contributed by atoms with Crippen molar-refractivity contribution in [3.63, 3.8) is 0 Å². The summed E-state index contributed by atoms with van der Waals surface area (Å²) in [5.41, 5.74) is 2.31. The van der Waals surface area contributed by atoms with E-state index in [-0.39, 0.29) is 23.3 Å². The minimum absolute atomic E-state index is 0.0647.